The molecule has 1 aromatic rings. The molecule has 0 aliphatic carbocycles. The molecule has 1 heterocycles. The van der Waals surface area contributed by atoms with E-state index in [1.807, 2.05) is 31.3 Å². The van der Waals surface area contributed by atoms with Gasteiger partial charge in [0.05, 0.1) is 11.4 Å². The quantitative estimate of drug-likeness (QED) is 0.600. The first kappa shape index (κ1) is 6.49. The third-order valence-electron chi connectivity index (χ3n) is 1.98. The van der Waals surface area contributed by atoms with Gasteiger partial charge < -0.3 is 0 Å². The fraction of sp³-hybridized carbons (Fsp3) is 0.250. The van der Waals surface area contributed by atoms with E-state index >= 15 is 0 Å². The molecule has 2 rings (SSSR count). The minimum atomic E-state index is 1.16. The molecule has 1 N–H and O–H groups in total. The van der Waals surface area contributed by atoms with Gasteiger partial charge in [0.1, 0.15) is 0 Å². The number of nitrogens with one attached hydrogen (secondary N) is 1. The van der Waals surface area contributed by atoms with Gasteiger partial charge in [-0.05, 0) is 12.1 Å². The van der Waals surface area contributed by atoms with Crippen LogP contribution in [0.25, 0.3) is 0 Å². The number of hydrogen-bond donors (Lipinski definition) is 1. The van der Waals surface area contributed by atoms with Gasteiger partial charge in [-0.15, -0.1) is 5.12 Å². The van der Waals surface area contributed by atoms with E-state index in [1.54, 1.807) is 0 Å². The molecule has 58 valence electrons. The van der Waals surface area contributed by atoms with Crippen LogP contribution in [0.5, 0.6) is 0 Å². The lowest BCUT2D eigenvalue weighted by Gasteiger charge is -2.19. The number of fused-ring (bicyclic) bond motifs is 1. The van der Waals surface area contributed by atoms with Crippen molar-refractivity contribution in [3.8, 4) is 0 Å². The highest BCUT2D eigenvalue weighted by Crippen LogP contribution is 2.30. The molecular weight excluding hydrogens is 138 g/mol. The summed E-state index contributed by atoms with van der Waals surface area (Å²) in [5.74, 6) is 0. The van der Waals surface area contributed by atoms with Gasteiger partial charge in [0.2, 0.25) is 0 Å². The molecular formula is C8H11N3. The van der Waals surface area contributed by atoms with Crippen LogP contribution in [0.3, 0.4) is 0 Å². The van der Waals surface area contributed by atoms with Gasteiger partial charge in [0.25, 0.3) is 0 Å². The Labute approximate surface area is 66.2 Å². The lowest BCUT2D eigenvalue weighted by Crippen LogP contribution is -2.34. The number of anilines is 2. The minimum absolute atomic E-state index is 1.16. The maximum atomic E-state index is 3.21. The van der Waals surface area contributed by atoms with Gasteiger partial charge in [-0.3, -0.25) is 10.4 Å². The monoisotopic (exact) mass is 149 g/mol. The topological polar surface area (TPSA) is 18.5 Å². The SMILES string of the molecule is CN1Nc2ccccc2N1C. The highest BCUT2D eigenvalue weighted by atomic mass is 15.8. The number of hydrazine groups is 2. The molecule has 1 aliphatic rings. The average molecular weight is 149 g/mol. The number of benzene rings is 1. The third kappa shape index (κ3) is 0.851. The van der Waals surface area contributed by atoms with Crippen LogP contribution in [-0.4, -0.2) is 19.2 Å². The molecule has 3 nitrogen and oxygen atoms in total. The molecule has 0 saturated heterocycles. The molecule has 0 aromatic heterocycles. The van der Waals surface area contributed by atoms with Crippen LogP contribution in [-0.2, 0) is 0 Å². The summed E-state index contributed by atoms with van der Waals surface area (Å²) in [6.45, 7) is 0. The van der Waals surface area contributed by atoms with E-state index in [0.29, 0.717) is 0 Å². The van der Waals surface area contributed by atoms with Crippen LogP contribution < -0.4 is 10.4 Å². The van der Waals surface area contributed by atoms with Crippen LogP contribution in [0.4, 0.5) is 11.4 Å². The van der Waals surface area contributed by atoms with Gasteiger partial charge >= 0.3 is 0 Å². The fourth-order valence-electron chi connectivity index (χ4n) is 1.26. The van der Waals surface area contributed by atoms with Gasteiger partial charge in [-0.2, -0.15) is 0 Å². The summed E-state index contributed by atoms with van der Waals surface area (Å²) in [6, 6.07) is 8.22. The Hall–Kier alpha value is -1.22. The molecule has 11 heavy (non-hydrogen) atoms. The summed E-state index contributed by atoms with van der Waals surface area (Å²) in [6.07, 6.45) is 0. The van der Waals surface area contributed by atoms with E-state index in [2.05, 4.69) is 22.6 Å². The maximum absolute atomic E-state index is 3.21. The van der Waals surface area contributed by atoms with Gasteiger partial charge in [0.15, 0.2) is 0 Å². The van der Waals surface area contributed by atoms with Crippen molar-refractivity contribution < 1.29 is 0 Å². The molecule has 1 aromatic carbocycles. The molecule has 0 radical (unpaired) electrons. The Morgan fingerprint density at radius 3 is 2.64 bits per heavy atom. The van der Waals surface area contributed by atoms with Crippen LogP contribution in [0.2, 0.25) is 0 Å². The zero-order valence-corrected chi connectivity index (χ0v) is 6.70. The Morgan fingerprint density at radius 1 is 1.18 bits per heavy atom. The highest BCUT2D eigenvalue weighted by Gasteiger charge is 2.18. The van der Waals surface area contributed by atoms with Crippen molar-refractivity contribution in [3.05, 3.63) is 24.3 Å². The smallest absolute Gasteiger partial charge is 0.0781 e. The molecule has 0 fully saturated rings. The van der Waals surface area contributed by atoms with Crippen molar-refractivity contribution in [1.29, 1.82) is 0 Å². The van der Waals surface area contributed by atoms with Gasteiger partial charge in [-0.25, -0.2) is 0 Å². The normalized spacial score (nSPS) is 16.4. The zero-order valence-electron chi connectivity index (χ0n) is 6.70. The lowest BCUT2D eigenvalue weighted by atomic mass is 10.3. The first-order valence-corrected chi connectivity index (χ1v) is 3.62. The van der Waals surface area contributed by atoms with Crippen LogP contribution >= 0.6 is 0 Å². The summed E-state index contributed by atoms with van der Waals surface area (Å²) >= 11 is 0. The van der Waals surface area contributed by atoms with E-state index in [4.69, 9.17) is 0 Å². The van der Waals surface area contributed by atoms with E-state index in [0.717, 1.165) is 5.69 Å². The molecule has 0 saturated carbocycles. The molecule has 3 heteroatoms. The molecule has 1 aliphatic heterocycles. The van der Waals surface area contributed by atoms with Crippen molar-refractivity contribution in [1.82, 2.24) is 5.12 Å². The summed E-state index contributed by atoms with van der Waals surface area (Å²) in [5.41, 5.74) is 5.59. The average Bonchev–Trinajstić information content (AvgIpc) is 2.30. The predicted molar refractivity (Wildman–Crippen MR) is 46.2 cm³/mol. The van der Waals surface area contributed by atoms with Crippen LogP contribution in [0, 0.1) is 0 Å². The lowest BCUT2D eigenvalue weighted by molar-refractivity contribution is 0.412. The first-order valence-electron chi connectivity index (χ1n) is 3.62. The third-order valence-corrected chi connectivity index (χ3v) is 1.98. The van der Waals surface area contributed by atoms with E-state index in [1.165, 1.54) is 5.69 Å². The first-order chi connectivity index (χ1) is 5.29. The Bertz CT molecular complexity index is 272. The number of hydrogen-bond acceptors (Lipinski definition) is 3. The summed E-state index contributed by atoms with van der Waals surface area (Å²) in [7, 11) is 4.01. The fourth-order valence-corrected chi connectivity index (χ4v) is 1.26. The van der Waals surface area contributed by atoms with Crippen molar-refractivity contribution in [2.24, 2.45) is 0 Å². The Balaban J connectivity index is 2.47. The second-order valence-corrected chi connectivity index (χ2v) is 2.68. The predicted octanol–water partition coefficient (Wildman–Crippen LogP) is 1.31. The molecule has 0 atom stereocenters. The summed E-state index contributed by atoms with van der Waals surface area (Å²) < 4.78 is 0. The number of para-hydroxylation sites is 2. The van der Waals surface area contributed by atoms with E-state index < -0.39 is 0 Å². The zero-order chi connectivity index (χ0) is 7.84. The highest BCUT2D eigenvalue weighted by molar-refractivity contribution is 5.72. The number of rotatable bonds is 0. The van der Waals surface area contributed by atoms with E-state index in [-0.39, 0.29) is 0 Å². The molecule has 0 spiro atoms. The molecule has 0 unspecified atom stereocenters. The van der Waals surface area contributed by atoms with Gasteiger partial charge in [0, 0.05) is 14.1 Å². The largest absolute Gasteiger partial charge is 0.299 e. The molecule has 0 amide bonds. The van der Waals surface area contributed by atoms with Crippen molar-refractivity contribution in [2.45, 2.75) is 0 Å². The summed E-state index contributed by atoms with van der Waals surface area (Å²) in [4.78, 5) is 0. The van der Waals surface area contributed by atoms with Crippen molar-refractivity contribution in [2.75, 3.05) is 24.5 Å². The number of nitrogens with zero attached hydrogens (tertiary/aromatic N) is 2. The van der Waals surface area contributed by atoms with Crippen LogP contribution in [0.1, 0.15) is 0 Å². The Morgan fingerprint density at radius 2 is 1.91 bits per heavy atom. The second kappa shape index (κ2) is 2.13. The second-order valence-electron chi connectivity index (χ2n) is 2.68. The summed E-state index contributed by atoms with van der Waals surface area (Å²) in [5, 5.41) is 4.01. The maximum Gasteiger partial charge on any atom is 0.0781 e. The standard InChI is InChI=1S/C8H11N3/c1-10-8-6-4-3-5-7(8)9-11(10)2/h3-6,9H,1-2H3. The van der Waals surface area contributed by atoms with Crippen LogP contribution in [0.15, 0.2) is 24.3 Å². The Kier molecular flexibility index (Phi) is 1.26. The molecule has 0 bridgehead atoms. The van der Waals surface area contributed by atoms with Gasteiger partial charge in [-0.1, -0.05) is 12.1 Å². The van der Waals surface area contributed by atoms with Crippen molar-refractivity contribution in [3.63, 3.8) is 0 Å². The van der Waals surface area contributed by atoms with Crippen molar-refractivity contribution >= 4 is 11.4 Å². The van der Waals surface area contributed by atoms with E-state index in [9.17, 15) is 0 Å². The minimum Gasteiger partial charge on any atom is -0.299 e.